The summed E-state index contributed by atoms with van der Waals surface area (Å²) in [5.41, 5.74) is 5.41. The highest BCUT2D eigenvalue weighted by atomic mass is 32.2. The van der Waals surface area contributed by atoms with Crippen LogP contribution in [0.2, 0.25) is 0 Å². The summed E-state index contributed by atoms with van der Waals surface area (Å²) in [7, 11) is -2.95. The molecule has 17 heavy (non-hydrogen) atoms. The van der Waals surface area contributed by atoms with Crippen LogP contribution in [-0.2, 0) is 14.6 Å². The third-order valence-electron chi connectivity index (χ3n) is 3.22. The van der Waals surface area contributed by atoms with E-state index in [9.17, 15) is 13.2 Å². The van der Waals surface area contributed by atoms with Crippen LogP contribution >= 0.6 is 0 Å². The van der Waals surface area contributed by atoms with Crippen LogP contribution in [0.3, 0.4) is 0 Å². The fourth-order valence-corrected chi connectivity index (χ4v) is 3.71. The quantitative estimate of drug-likeness (QED) is 0.773. The van der Waals surface area contributed by atoms with E-state index in [0.717, 1.165) is 12.8 Å². The molecular formula is C11H22N2O3S. The molecular weight excluding hydrogens is 240 g/mol. The minimum absolute atomic E-state index is 0.0563. The van der Waals surface area contributed by atoms with Gasteiger partial charge >= 0.3 is 0 Å². The summed E-state index contributed by atoms with van der Waals surface area (Å²) < 4.78 is 22.8. The van der Waals surface area contributed by atoms with E-state index >= 15 is 0 Å². The monoisotopic (exact) mass is 262 g/mol. The van der Waals surface area contributed by atoms with Gasteiger partial charge in [-0.3, -0.25) is 4.79 Å². The topological polar surface area (TPSA) is 80.5 Å². The van der Waals surface area contributed by atoms with Crippen molar-refractivity contribution in [3.05, 3.63) is 0 Å². The minimum atomic E-state index is -2.95. The van der Waals surface area contributed by atoms with Gasteiger partial charge in [0.15, 0.2) is 9.84 Å². The Labute approximate surface area is 103 Å². The van der Waals surface area contributed by atoms with E-state index in [1.165, 1.54) is 0 Å². The second-order valence-corrected chi connectivity index (χ2v) is 7.06. The van der Waals surface area contributed by atoms with Crippen molar-refractivity contribution in [3.8, 4) is 0 Å². The van der Waals surface area contributed by atoms with Crippen LogP contribution in [0, 0.1) is 5.92 Å². The predicted octanol–water partition coefficient (Wildman–Crippen LogP) is 0.00690. The normalized spacial score (nSPS) is 25.6. The second kappa shape index (κ2) is 5.82. The summed E-state index contributed by atoms with van der Waals surface area (Å²) in [6.45, 7) is 4.59. The number of carbonyl (C=O) groups excluding carboxylic acids is 1. The van der Waals surface area contributed by atoms with Gasteiger partial charge in [0, 0.05) is 18.5 Å². The zero-order chi connectivity index (χ0) is 13.1. The molecule has 6 heteroatoms. The fraction of sp³-hybridized carbons (Fsp3) is 0.909. The Morgan fingerprint density at radius 2 is 2.18 bits per heavy atom. The zero-order valence-corrected chi connectivity index (χ0v) is 11.4. The maximum Gasteiger partial charge on any atom is 0.225 e. The number of amides is 1. The lowest BCUT2D eigenvalue weighted by atomic mass is 10.0. The molecule has 0 saturated carbocycles. The van der Waals surface area contributed by atoms with Crippen molar-refractivity contribution in [1.82, 2.24) is 4.90 Å². The number of hydrogen-bond donors (Lipinski definition) is 1. The lowest BCUT2D eigenvalue weighted by molar-refractivity contribution is -0.136. The first-order valence-corrected chi connectivity index (χ1v) is 7.90. The van der Waals surface area contributed by atoms with Crippen LogP contribution in [0.1, 0.15) is 26.7 Å². The van der Waals surface area contributed by atoms with E-state index in [4.69, 9.17) is 5.73 Å². The number of nitrogens with two attached hydrogens (primary N) is 1. The molecule has 1 aliphatic rings. The summed E-state index contributed by atoms with van der Waals surface area (Å²) in [6.07, 6.45) is 1.60. The molecule has 1 fully saturated rings. The zero-order valence-electron chi connectivity index (χ0n) is 10.6. The molecule has 1 amide bonds. The Morgan fingerprint density at radius 3 is 2.71 bits per heavy atom. The Bertz CT molecular complexity index is 367. The Hall–Kier alpha value is -0.620. The molecule has 0 aliphatic carbocycles. The van der Waals surface area contributed by atoms with Crippen molar-refractivity contribution in [3.63, 3.8) is 0 Å². The second-order valence-electron chi connectivity index (χ2n) is 4.83. The van der Waals surface area contributed by atoms with E-state index in [-0.39, 0.29) is 29.4 Å². The molecule has 0 bridgehead atoms. The molecule has 1 heterocycles. The van der Waals surface area contributed by atoms with E-state index < -0.39 is 9.84 Å². The van der Waals surface area contributed by atoms with Gasteiger partial charge in [-0.1, -0.05) is 6.92 Å². The van der Waals surface area contributed by atoms with Crippen LogP contribution in [0.25, 0.3) is 0 Å². The summed E-state index contributed by atoms with van der Waals surface area (Å²) in [5.74, 6) is 0.164. The molecule has 2 unspecified atom stereocenters. The van der Waals surface area contributed by atoms with Crippen molar-refractivity contribution >= 4 is 15.7 Å². The first-order valence-electron chi connectivity index (χ1n) is 6.08. The van der Waals surface area contributed by atoms with Gasteiger partial charge in [-0.05, 0) is 26.3 Å². The third kappa shape index (κ3) is 3.96. The van der Waals surface area contributed by atoms with Crippen LogP contribution in [0.4, 0.5) is 0 Å². The van der Waals surface area contributed by atoms with Crippen LogP contribution in [-0.4, -0.2) is 49.9 Å². The van der Waals surface area contributed by atoms with Crippen LogP contribution in [0.15, 0.2) is 0 Å². The molecule has 1 aliphatic heterocycles. The molecule has 0 spiro atoms. The lowest BCUT2D eigenvalue weighted by Gasteiger charge is -2.35. The number of nitrogens with zero attached hydrogens (tertiary/aromatic N) is 1. The van der Waals surface area contributed by atoms with Crippen LogP contribution < -0.4 is 5.73 Å². The Morgan fingerprint density at radius 1 is 1.53 bits per heavy atom. The summed E-state index contributed by atoms with van der Waals surface area (Å²) >= 11 is 0. The highest BCUT2D eigenvalue weighted by molar-refractivity contribution is 7.91. The molecule has 100 valence electrons. The predicted molar refractivity (Wildman–Crippen MR) is 67.3 cm³/mol. The number of carbonyl (C=O) groups is 1. The smallest absolute Gasteiger partial charge is 0.225 e. The van der Waals surface area contributed by atoms with Gasteiger partial charge in [-0.15, -0.1) is 0 Å². The van der Waals surface area contributed by atoms with Gasteiger partial charge < -0.3 is 10.6 Å². The molecule has 2 atom stereocenters. The maximum atomic E-state index is 12.1. The van der Waals surface area contributed by atoms with Gasteiger partial charge in [0.2, 0.25) is 5.91 Å². The molecule has 1 saturated heterocycles. The molecule has 1 rings (SSSR count). The van der Waals surface area contributed by atoms with Crippen molar-refractivity contribution < 1.29 is 13.2 Å². The van der Waals surface area contributed by atoms with Gasteiger partial charge in [0.05, 0.1) is 11.5 Å². The number of rotatable bonds is 4. The standard InChI is InChI=1S/C11H22N2O3S/c1-9(4-3-5-12)11(14)13-6-7-17(15,16)8-10(13)2/h9-10H,3-8,12H2,1-2H3. The molecule has 5 nitrogen and oxygen atoms in total. The average molecular weight is 262 g/mol. The molecule has 0 aromatic carbocycles. The van der Waals surface area contributed by atoms with Gasteiger partial charge in [0.25, 0.3) is 0 Å². The molecule has 0 radical (unpaired) electrons. The van der Waals surface area contributed by atoms with Gasteiger partial charge in [-0.2, -0.15) is 0 Å². The average Bonchev–Trinajstić information content (AvgIpc) is 2.23. The third-order valence-corrected chi connectivity index (χ3v) is 5.01. The Kier molecular flexibility index (Phi) is 4.94. The number of hydrogen-bond acceptors (Lipinski definition) is 4. The fourth-order valence-electron chi connectivity index (χ4n) is 2.16. The van der Waals surface area contributed by atoms with E-state index in [2.05, 4.69) is 0 Å². The van der Waals surface area contributed by atoms with E-state index in [1.807, 2.05) is 6.92 Å². The number of sulfone groups is 1. The first-order chi connectivity index (χ1) is 7.87. The van der Waals surface area contributed by atoms with Crippen molar-refractivity contribution in [1.29, 1.82) is 0 Å². The molecule has 2 N–H and O–H groups in total. The maximum absolute atomic E-state index is 12.1. The highest BCUT2D eigenvalue weighted by Crippen LogP contribution is 2.17. The summed E-state index contributed by atoms with van der Waals surface area (Å²) in [6, 6.07) is -0.207. The van der Waals surface area contributed by atoms with Gasteiger partial charge in [0.1, 0.15) is 0 Å². The highest BCUT2D eigenvalue weighted by Gasteiger charge is 2.32. The first kappa shape index (κ1) is 14.4. The summed E-state index contributed by atoms with van der Waals surface area (Å²) in [5, 5.41) is 0. The van der Waals surface area contributed by atoms with Gasteiger partial charge in [-0.25, -0.2) is 8.42 Å². The van der Waals surface area contributed by atoms with Crippen molar-refractivity contribution in [2.45, 2.75) is 32.7 Å². The minimum Gasteiger partial charge on any atom is -0.338 e. The largest absolute Gasteiger partial charge is 0.338 e. The summed E-state index contributed by atoms with van der Waals surface area (Å²) in [4.78, 5) is 13.8. The lowest BCUT2D eigenvalue weighted by Crippen LogP contribution is -2.51. The Balaban J connectivity index is 2.58. The van der Waals surface area contributed by atoms with E-state index in [1.54, 1.807) is 11.8 Å². The van der Waals surface area contributed by atoms with Crippen molar-refractivity contribution in [2.24, 2.45) is 11.7 Å². The van der Waals surface area contributed by atoms with Crippen LogP contribution in [0.5, 0.6) is 0 Å². The molecule has 0 aromatic rings. The molecule has 0 aromatic heterocycles. The van der Waals surface area contributed by atoms with Crippen molar-refractivity contribution in [2.75, 3.05) is 24.6 Å². The SMILES string of the molecule is CC(CCCN)C(=O)N1CCS(=O)(=O)CC1C. The van der Waals surface area contributed by atoms with E-state index in [0.29, 0.717) is 13.1 Å².